The lowest BCUT2D eigenvalue weighted by Gasteiger charge is -2.45. The second kappa shape index (κ2) is 11.9. The van der Waals surface area contributed by atoms with Gasteiger partial charge in [-0.1, -0.05) is 5.16 Å². The van der Waals surface area contributed by atoms with Crippen LogP contribution < -0.4 is 27.4 Å². The van der Waals surface area contributed by atoms with Crippen LogP contribution in [0.5, 0.6) is 0 Å². The Kier molecular flexibility index (Phi) is 8.70. The monoisotopic (exact) mass is 633 g/mol. The predicted octanol–water partition coefficient (Wildman–Crippen LogP) is -3.36. The molecule has 20 nitrogen and oxygen atoms in total. The first-order chi connectivity index (χ1) is 19.8. The molecular formula is C20H27N9O11S2. The Bertz CT molecular complexity index is 1410. The van der Waals surface area contributed by atoms with Crippen molar-refractivity contribution in [1.29, 1.82) is 0 Å². The van der Waals surface area contributed by atoms with E-state index in [4.69, 9.17) is 21.0 Å². The second-order valence-electron chi connectivity index (χ2n) is 9.37. The largest absolute Gasteiger partial charge is 0.478 e. The van der Waals surface area contributed by atoms with E-state index in [0.29, 0.717) is 0 Å². The van der Waals surface area contributed by atoms with Gasteiger partial charge in [-0.25, -0.2) is 23.7 Å². The van der Waals surface area contributed by atoms with E-state index in [1.165, 1.54) is 5.38 Å². The zero-order chi connectivity index (χ0) is 30.8. The zero-order valence-electron chi connectivity index (χ0n) is 21.6. The standard InChI is InChI=1S/C20H27N9O11S2/c21-3-4-23-18(34)24-5-9-6-28(19(35)39-9)7-11-13(15(31)29(11)42(36,37)38)26-14(30)12(10-8-41-17(22)25-10)27-40-20(1-2-20)16(32)33/h8-9,11,13H,1-7,21H2,(H2,22,25)(H,26,30)(H,32,33)(H2,23,24,34)(H,36,37,38)/t9-,11+,13+/m1/s1. The van der Waals surface area contributed by atoms with Gasteiger partial charge in [0, 0.05) is 37.9 Å². The number of nitrogens with two attached hydrogens (primary N) is 2. The molecule has 2 saturated heterocycles. The molecule has 1 aromatic heterocycles. The van der Waals surface area contributed by atoms with E-state index in [9.17, 15) is 42.0 Å². The number of nitrogen functional groups attached to an aromatic ring is 1. The van der Waals surface area contributed by atoms with Crippen LogP contribution in [0.4, 0.5) is 14.7 Å². The number of cyclic esters (lactones) is 1. The molecule has 0 bridgehead atoms. The van der Waals surface area contributed by atoms with Crippen LogP contribution in [-0.2, 0) is 34.3 Å². The summed E-state index contributed by atoms with van der Waals surface area (Å²) in [6.45, 7) is -0.302. The summed E-state index contributed by atoms with van der Waals surface area (Å²) in [7, 11) is -5.11. The van der Waals surface area contributed by atoms with E-state index in [1.807, 2.05) is 0 Å². The quantitative estimate of drug-likeness (QED) is 0.0483. The van der Waals surface area contributed by atoms with E-state index < -0.39 is 76.3 Å². The van der Waals surface area contributed by atoms with E-state index >= 15 is 0 Å². The Hall–Kier alpha value is -4.28. The number of amides is 5. The maximum Gasteiger partial charge on any atom is 0.410 e. The smallest absolute Gasteiger partial charge is 0.410 e. The summed E-state index contributed by atoms with van der Waals surface area (Å²) in [5, 5.41) is 21.6. The molecule has 5 amide bonds. The van der Waals surface area contributed by atoms with Crippen molar-refractivity contribution in [3.63, 3.8) is 0 Å². The van der Waals surface area contributed by atoms with Gasteiger partial charge in [-0.15, -0.1) is 11.3 Å². The van der Waals surface area contributed by atoms with Gasteiger partial charge in [0.25, 0.3) is 11.8 Å². The maximum absolute atomic E-state index is 13.2. The van der Waals surface area contributed by atoms with Gasteiger partial charge in [-0.3, -0.25) is 14.1 Å². The molecule has 3 heterocycles. The number of nitrogens with one attached hydrogen (secondary N) is 3. The topological polar surface area (TPSA) is 298 Å². The van der Waals surface area contributed by atoms with Gasteiger partial charge in [-0.05, 0) is 0 Å². The maximum atomic E-state index is 13.2. The number of oxime groups is 1. The Morgan fingerprint density at radius 3 is 2.57 bits per heavy atom. The first-order valence-electron chi connectivity index (χ1n) is 12.3. The molecule has 0 unspecified atom stereocenters. The lowest BCUT2D eigenvalue weighted by atomic mass is 9.97. The Labute approximate surface area is 241 Å². The number of hydrogen-bond donors (Lipinski definition) is 7. The number of urea groups is 1. The fraction of sp³-hybridized carbons (Fsp3) is 0.550. The van der Waals surface area contributed by atoms with Crippen molar-refractivity contribution in [1.82, 2.24) is 30.1 Å². The Morgan fingerprint density at radius 1 is 1.29 bits per heavy atom. The van der Waals surface area contributed by atoms with E-state index in [-0.39, 0.29) is 54.2 Å². The summed E-state index contributed by atoms with van der Waals surface area (Å²) in [6, 6.07) is -3.61. The number of rotatable bonds is 13. The Morgan fingerprint density at radius 2 is 2.00 bits per heavy atom. The lowest BCUT2D eigenvalue weighted by Crippen LogP contribution is -2.74. The van der Waals surface area contributed by atoms with Gasteiger partial charge >= 0.3 is 28.4 Å². The van der Waals surface area contributed by atoms with Gasteiger partial charge in [0.15, 0.2) is 10.8 Å². The van der Waals surface area contributed by atoms with E-state index in [1.54, 1.807) is 0 Å². The fourth-order valence-corrected chi connectivity index (χ4v) is 5.47. The van der Waals surface area contributed by atoms with E-state index in [2.05, 4.69) is 26.1 Å². The van der Waals surface area contributed by atoms with Gasteiger partial charge < -0.3 is 47.0 Å². The van der Waals surface area contributed by atoms with Crippen molar-refractivity contribution in [2.75, 3.05) is 38.5 Å². The van der Waals surface area contributed by atoms with Crippen molar-refractivity contribution in [3.05, 3.63) is 11.1 Å². The molecule has 1 aliphatic carbocycles. The normalized spacial score (nSPS) is 23.1. The highest BCUT2D eigenvalue weighted by Crippen LogP contribution is 2.40. The molecule has 0 radical (unpaired) electrons. The molecular weight excluding hydrogens is 606 g/mol. The van der Waals surface area contributed by atoms with Crippen LogP contribution in [-0.4, -0.2) is 124 Å². The average Bonchev–Trinajstić information content (AvgIpc) is 3.47. The van der Waals surface area contributed by atoms with Crippen LogP contribution in [0.1, 0.15) is 18.5 Å². The number of carbonyl (C=O) groups is 5. The molecule has 3 fully saturated rings. The summed E-state index contributed by atoms with van der Waals surface area (Å²) >= 11 is 0.933. The summed E-state index contributed by atoms with van der Waals surface area (Å²) in [5.41, 5.74) is 8.65. The number of anilines is 1. The van der Waals surface area contributed by atoms with Crippen molar-refractivity contribution >= 4 is 62.4 Å². The van der Waals surface area contributed by atoms with Crippen molar-refractivity contribution < 1.29 is 51.6 Å². The highest BCUT2D eigenvalue weighted by molar-refractivity contribution is 7.84. The number of hydrogen-bond acceptors (Lipinski definition) is 14. The summed E-state index contributed by atoms with van der Waals surface area (Å²) in [4.78, 5) is 71.6. The van der Waals surface area contributed by atoms with Crippen molar-refractivity contribution in [3.8, 4) is 0 Å². The molecule has 230 valence electrons. The number of carboxylic acids is 1. The minimum Gasteiger partial charge on any atom is -0.478 e. The minimum atomic E-state index is -5.11. The fourth-order valence-electron chi connectivity index (χ4n) is 4.05. The third kappa shape index (κ3) is 6.61. The molecule has 3 aliphatic rings. The molecule has 2 aliphatic heterocycles. The molecule has 0 spiro atoms. The number of β-lactam (4-membered cyclic amide) rings is 1. The van der Waals surface area contributed by atoms with Crippen LogP contribution in [0.2, 0.25) is 0 Å². The van der Waals surface area contributed by atoms with Crippen LogP contribution in [0, 0.1) is 0 Å². The summed E-state index contributed by atoms with van der Waals surface area (Å²) in [6.07, 6.45) is -1.47. The van der Waals surface area contributed by atoms with E-state index in [0.717, 1.165) is 16.2 Å². The van der Waals surface area contributed by atoms with Crippen LogP contribution in [0.3, 0.4) is 0 Å². The highest BCUT2D eigenvalue weighted by atomic mass is 32.2. The van der Waals surface area contributed by atoms with Crippen LogP contribution in [0.25, 0.3) is 0 Å². The number of ether oxygens (including phenoxy) is 1. The average molecular weight is 634 g/mol. The number of carbonyl (C=O) groups excluding carboxylic acids is 4. The Balaban J connectivity index is 1.47. The SMILES string of the molecule is NCCNC(=O)NC[C@@H]1CN(C[C@H]2[C@H](NC(=O)C(=NOC3(C(=O)O)CC3)c3csc(N)n3)C(=O)N2S(=O)(=O)O)C(=O)O1. The second-order valence-corrected chi connectivity index (χ2v) is 11.5. The lowest BCUT2D eigenvalue weighted by molar-refractivity contribution is -0.153. The van der Waals surface area contributed by atoms with Gasteiger partial charge in [0.2, 0.25) is 5.60 Å². The number of carboxylic acid groups (broad SMARTS) is 1. The summed E-state index contributed by atoms with van der Waals surface area (Å²) < 4.78 is 38.7. The van der Waals surface area contributed by atoms with Crippen molar-refractivity contribution in [2.24, 2.45) is 10.9 Å². The van der Waals surface area contributed by atoms with Gasteiger partial charge in [0.1, 0.15) is 17.8 Å². The molecule has 22 heteroatoms. The zero-order valence-corrected chi connectivity index (χ0v) is 23.2. The molecule has 9 N–H and O–H groups in total. The predicted molar refractivity (Wildman–Crippen MR) is 140 cm³/mol. The number of aromatic nitrogens is 1. The van der Waals surface area contributed by atoms with Gasteiger partial charge in [0.05, 0.1) is 19.1 Å². The molecule has 0 aromatic carbocycles. The van der Waals surface area contributed by atoms with Crippen LogP contribution in [0.15, 0.2) is 10.5 Å². The number of nitrogens with zero attached hydrogens (tertiary/aromatic N) is 4. The van der Waals surface area contributed by atoms with Crippen molar-refractivity contribution in [2.45, 2.75) is 36.6 Å². The third-order valence-electron chi connectivity index (χ3n) is 6.37. The third-order valence-corrected chi connectivity index (χ3v) is 7.99. The number of aliphatic carboxylic acids is 1. The number of thiazole rings is 1. The highest BCUT2D eigenvalue weighted by Gasteiger charge is 2.56. The molecule has 1 aromatic rings. The van der Waals surface area contributed by atoms with Gasteiger partial charge in [-0.2, -0.15) is 8.42 Å². The molecule has 3 atom stereocenters. The molecule has 4 rings (SSSR count). The van der Waals surface area contributed by atoms with Crippen LogP contribution >= 0.6 is 11.3 Å². The first-order valence-corrected chi connectivity index (χ1v) is 14.5. The minimum absolute atomic E-state index is 0.0356. The molecule has 42 heavy (non-hydrogen) atoms. The first kappa shape index (κ1) is 30.7. The molecule has 1 saturated carbocycles. The summed E-state index contributed by atoms with van der Waals surface area (Å²) in [5.74, 6) is -3.63.